The lowest BCUT2D eigenvalue weighted by Crippen LogP contribution is -2.13. The minimum Gasteiger partial charge on any atom is -0.319 e. The highest BCUT2D eigenvalue weighted by Gasteiger charge is 2.17. The average Bonchev–Trinajstić information content (AvgIpc) is 2.93. The molecule has 110 valence electrons. The number of fused-ring (bicyclic) bond motifs is 1. The van der Waals surface area contributed by atoms with Gasteiger partial charge in [-0.15, -0.1) is 0 Å². The summed E-state index contributed by atoms with van der Waals surface area (Å²) in [5.74, 6) is -0.540. The van der Waals surface area contributed by atoms with Gasteiger partial charge in [0, 0.05) is 24.5 Å². The number of carbonyl (C=O) groups is 1. The fourth-order valence-corrected chi connectivity index (χ4v) is 2.10. The molecule has 0 aliphatic heterocycles. The minimum atomic E-state index is -0.570. The summed E-state index contributed by atoms with van der Waals surface area (Å²) in [5.41, 5.74) is 0.755. The Hall–Kier alpha value is -3.00. The fraction of sp³-hybridized carbons (Fsp3) is 0. The second kappa shape index (κ2) is 5.41. The fourth-order valence-electron chi connectivity index (χ4n) is 1.93. The number of rotatable bonds is 3. The van der Waals surface area contributed by atoms with Gasteiger partial charge < -0.3 is 5.32 Å². The maximum atomic E-state index is 12.3. The summed E-state index contributed by atoms with van der Waals surface area (Å²) in [4.78, 5) is 26.4. The number of aromatic nitrogens is 3. The highest BCUT2D eigenvalue weighted by Crippen LogP contribution is 2.27. The number of nitrogens with one attached hydrogen (secondary N) is 2. The summed E-state index contributed by atoms with van der Waals surface area (Å²) in [6, 6.07) is 5.47. The number of hydrogen-bond acceptors (Lipinski definition) is 5. The van der Waals surface area contributed by atoms with Crippen molar-refractivity contribution in [1.82, 2.24) is 15.2 Å². The molecule has 2 aromatic heterocycles. The molecule has 0 atom stereocenters. The normalized spacial score (nSPS) is 10.6. The molecule has 0 aliphatic rings. The number of amides is 1. The smallest absolute Gasteiger partial charge is 0.276 e. The predicted octanol–water partition coefficient (Wildman–Crippen LogP) is 2.77. The van der Waals surface area contributed by atoms with Crippen LogP contribution in [0.25, 0.3) is 10.9 Å². The molecule has 0 unspecified atom stereocenters. The Bertz CT molecular complexity index is 892. The summed E-state index contributed by atoms with van der Waals surface area (Å²) < 4.78 is 0. The largest absolute Gasteiger partial charge is 0.319 e. The Labute approximate surface area is 128 Å². The summed E-state index contributed by atoms with van der Waals surface area (Å²) in [5, 5.41) is 20.7. The Balaban J connectivity index is 1.94. The second-order valence-electron chi connectivity index (χ2n) is 4.37. The number of non-ortho nitro benzene ring substituents is 1. The molecule has 0 spiro atoms. The molecule has 0 saturated heterocycles. The van der Waals surface area contributed by atoms with Crippen molar-refractivity contribution in [3.05, 3.63) is 57.5 Å². The number of H-pyrrole nitrogens is 1. The quantitative estimate of drug-likeness (QED) is 0.569. The minimum absolute atomic E-state index is 0.130. The number of nitro groups is 1. The van der Waals surface area contributed by atoms with E-state index >= 15 is 0 Å². The third-order valence-electron chi connectivity index (χ3n) is 2.99. The third kappa shape index (κ3) is 2.47. The van der Waals surface area contributed by atoms with Gasteiger partial charge in [0.2, 0.25) is 0 Å². The van der Waals surface area contributed by atoms with Crippen LogP contribution in [0.2, 0.25) is 5.02 Å². The molecular weight excluding hydrogens is 310 g/mol. The Morgan fingerprint density at radius 2 is 2.18 bits per heavy atom. The van der Waals surface area contributed by atoms with Crippen molar-refractivity contribution in [1.29, 1.82) is 0 Å². The van der Waals surface area contributed by atoms with E-state index in [1.165, 1.54) is 24.4 Å². The van der Waals surface area contributed by atoms with Gasteiger partial charge in [0.1, 0.15) is 0 Å². The van der Waals surface area contributed by atoms with Crippen molar-refractivity contribution in [2.45, 2.75) is 0 Å². The van der Waals surface area contributed by atoms with Crippen LogP contribution < -0.4 is 5.32 Å². The van der Waals surface area contributed by atoms with E-state index in [1.807, 2.05) is 0 Å². The molecule has 3 rings (SSSR count). The monoisotopic (exact) mass is 317 g/mol. The first-order valence-electron chi connectivity index (χ1n) is 6.09. The number of aromatic amines is 1. The van der Waals surface area contributed by atoms with Crippen LogP contribution in [0.5, 0.6) is 0 Å². The maximum Gasteiger partial charge on any atom is 0.276 e. The summed E-state index contributed by atoms with van der Waals surface area (Å²) in [7, 11) is 0. The van der Waals surface area contributed by atoms with Crippen molar-refractivity contribution in [3.63, 3.8) is 0 Å². The molecule has 2 heterocycles. The van der Waals surface area contributed by atoms with E-state index in [9.17, 15) is 14.9 Å². The van der Waals surface area contributed by atoms with E-state index in [1.54, 1.807) is 12.3 Å². The summed E-state index contributed by atoms with van der Waals surface area (Å²) in [6.45, 7) is 0. The van der Waals surface area contributed by atoms with Gasteiger partial charge in [0.15, 0.2) is 5.69 Å². The predicted molar refractivity (Wildman–Crippen MR) is 79.9 cm³/mol. The van der Waals surface area contributed by atoms with E-state index in [-0.39, 0.29) is 22.1 Å². The van der Waals surface area contributed by atoms with Gasteiger partial charge in [-0.1, -0.05) is 11.6 Å². The van der Waals surface area contributed by atoms with Gasteiger partial charge >= 0.3 is 0 Å². The number of pyridine rings is 1. The van der Waals surface area contributed by atoms with Crippen LogP contribution in [0, 0.1) is 10.1 Å². The van der Waals surface area contributed by atoms with Crippen molar-refractivity contribution >= 4 is 39.8 Å². The van der Waals surface area contributed by atoms with Crippen LogP contribution in [0.1, 0.15) is 10.5 Å². The van der Waals surface area contributed by atoms with Crippen molar-refractivity contribution in [3.8, 4) is 0 Å². The number of nitro benzene ring substituents is 1. The number of hydrogen-bond donors (Lipinski definition) is 2. The van der Waals surface area contributed by atoms with Crippen molar-refractivity contribution < 1.29 is 9.72 Å². The molecule has 3 aromatic rings. The van der Waals surface area contributed by atoms with Crippen molar-refractivity contribution in [2.24, 2.45) is 0 Å². The zero-order chi connectivity index (χ0) is 15.7. The standard InChI is InChI=1S/C13H8ClN5O3/c14-9-2-1-7(19(21)22)5-11(9)16-13(20)12-8-6-15-4-3-10(8)17-18-12/h1-6H,(H,16,20)(H,17,18). The maximum absolute atomic E-state index is 12.3. The average molecular weight is 318 g/mol. The lowest BCUT2D eigenvalue weighted by molar-refractivity contribution is -0.384. The van der Waals surface area contributed by atoms with Gasteiger partial charge in [-0.3, -0.25) is 25.0 Å². The SMILES string of the molecule is O=C(Nc1cc([N+](=O)[O-])ccc1Cl)c1n[nH]c2ccncc12. The molecule has 0 saturated carbocycles. The number of nitrogens with zero attached hydrogens (tertiary/aromatic N) is 3. The van der Waals surface area contributed by atoms with E-state index in [4.69, 9.17) is 11.6 Å². The molecule has 1 aromatic carbocycles. The molecule has 8 nitrogen and oxygen atoms in total. The van der Waals surface area contributed by atoms with Gasteiger partial charge in [-0.2, -0.15) is 5.10 Å². The Morgan fingerprint density at radius 3 is 2.95 bits per heavy atom. The molecule has 1 amide bonds. The molecule has 0 fully saturated rings. The first kappa shape index (κ1) is 14.0. The van der Waals surface area contributed by atoms with E-state index < -0.39 is 10.8 Å². The molecule has 0 radical (unpaired) electrons. The highest BCUT2D eigenvalue weighted by molar-refractivity contribution is 6.34. The van der Waals surface area contributed by atoms with Crippen LogP contribution in [0.15, 0.2) is 36.7 Å². The summed E-state index contributed by atoms with van der Waals surface area (Å²) in [6.07, 6.45) is 3.07. The lowest BCUT2D eigenvalue weighted by Gasteiger charge is -2.05. The highest BCUT2D eigenvalue weighted by atomic mass is 35.5. The number of halogens is 1. The van der Waals surface area contributed by atoms with E-state index in [0.717, 1.165) is 0 Å². The zero-order valence-electron chi connectivity index (χ0n) is 10.9. The topological polar surface area (TPSA) is 114 Å². The molecule has 0 bridgehead atoms. The Morgan fingerprint density at radius 1 is 1.36 bits per heavy atom. The third-order valence-corrected chi connectivity index (χ3v) is 3.32. The molecule has 2 N–H and O–H groups in total. The van der Waals surface area contributed by atoms with Crippen LogP contribution in [-0.2, 0) is 0 Å². The van der Waals surface area contributed by atoms with E-state index in [0.29, 0.717) is 10.9 Å². The van der Waals surface area contributed by atoms with Gasteiger partial charge in [-0.25, -0.2) is 0 Å². The van der Waals surface area contributed by atoms with Crippen LogP contribution >= 0.6 is 11.6 Å². The van der Waals surface area contributed by atoms with Crippen LogP contribution in [0.3, 0.4) is 0 Å². The van der Waals surface area contributed by atoms with Crippen LogP contribution in [-0.4, -0.2) is 26.0 Å². The number of anilines is 1. The van der Waals surface area contributed by atoms with Crippen LogP contribution in [0.4, 0.5) is 11.4 Å². The van der Waals surface area contributed by atoms with Crippen molar-refractivity contribution in [2.75, 3.05) is 5.32 Å². The first-order valence-corrected chi connectivity index (χ1v) is 6.47. The number of carbonyl (C=O) groups excluding carboxylic acids is 1. The Kier molecular flexibility index (Phi) is 3.43. The molecular formula is C13H8ClN5O3. The van der Waals surface area contributed by atoms with Gasteiger partial charge in [0.05, 0.1) is 26.5 Å². The first-order chi connectivity index (χ1) is 10.6. The van der Waals surface area contributed by atoms with Gasteiger partial charge in [0.25, 0.3) is 11.6 Å². The molecule has 22 heavy (non-hydrogen) atoms. The summed E-state index contributed by atoms with van der Waals surface area (Å²) >= 11 is 5.95. The number of benzene rings is 1. The van der Waals surface area contributed by atoms with Gasteiger partial charge in [-0.05, 0) is 12.1 Å². The molecule has 0 aliphatic carbocycles. The zero-order valence-corrected chi connectivity index (χ0v) is 11.7. The van der Waals surface area contributed by atoms with E-state index in [2.05, 4.69) is 20.5 Å². The lowest BCUT2D eigenvalue weighted by atomic mass is 10.2. The molecule has 9 heteroatoms. The second-order valence-corrected chi connectivity index (χ2v) is 4.78.